The van der Waals surface area contributed by atoms with Crippen LogP contribution in [0.25, 0.3) is 0 Å². The maximum Gasteiger partial charge on any atom is 0.129 e. The highest BCUT2D eigenvalue weighted by Crippen LogP contribution is 2.25. The first-order valence-electron chi connectivity index (χ1n) is 5.94. The van der Waals surface area contributed by atoms with E-state index in [0.717, 1.165) is 5.56 Å². The predicted molar refractivity (Wildman–Crippen MR) is 77.3 cm³/mol. The van der Waals surface area contributed by atoms with Gasteiger partial charge >= 0.3 is 0 Å². The largest absolute Gasteiger partial charge is 0.378 e. The summed E-state index contributed by atoms with van der Waals surface area (Å²) in [5.41, 5.74) is 2.02. The number of halogens is 3. The molecule has 1 N–H and O–H groups in total. The molecular formula is C15H14BrF2N. The molecule has 0 fully saturated rings. The van der Waals surface area contributed by atoms with Gasteiger partial charge in [-0.3, -0.25) is 0 Å². The lowest BCUT2D eigenvalue weighted by atomic mass is 10.1. The van der Waals surface area contributed by atoms with E-state index in [9.17, 15) is 8.78 Å². The Kier molecular flexibility index (Phi) is 4.20. The molecule has 0 saturated carbocycles. The summed E-state index contributed by atoms with van der Waals surface area (Å²) in [6.07, 6.45) is 0. The van der Waals surface area contributed by atoms with Gasteiger partial charge in [0.2, 0.25) is 0 Å². The van der Waals surface area contributed by atoms with Crippen molar-refractivity contribution in [2.45, 2.75) is 19.9 Å². The first-order chi connectivity index (χ1) is 8.95. The maximum absolute atomic E-state index is 13.8. The van der Waals surface area contributed by atoms with Crippen molar-refractivity contribution >= 4 is 21.6 Å². The smallest absolute Gasteiger partial charge is 0.129 e. The molecular weight excluding hydrogens is 312 g/mol. The van der Waals surface area contributed by atoms with Gasteiger partial charge in [0.15, 0.2) is 0 Å². The van der Waals surface area contributed by atoms with Gasteiger partial charge in [-0.15, -0.1) is 0 Å². The summed E-state index contributed by atoms with van der Waals surface area (Å²) >= 11 is 3.22. The zero-order valence-corrected chi connectivity index (χ0v) is 12.3. The molecule has 2 aromatic rings. The second-order valence-corrected chi connectivity index (χ2v) is 5.46. The topological polar surface area (TPSA) is 12.0 Å². The number of anilines is 1. The first-order valence-corrected chi connectivity index (χ1v) is 6.73. The third-order valence-electron chi connectivity index (χ3n) is 2.85. The highest BCUT2D eigenvalue weighted by molar-refractivity contribution is 9.10. The standard InChI is InChI=1S/C15H14BrF2N/c1-9-5-12(17)8-13(6-9)19-10(2)14-4-3-11(16)7-15(14)18/h3-8,10,19H,1-2H3. The van der Waals surface area contributed by atoms with Gasteiger partial charge in [0, 0.05) is 15.7 Å². The molecule has 19 heavy (non-hydrogen) atoms. The van der Waals surface area contributed by atoms with Crippen LogP contribution < -0.4 is 5.32 Å². The molecule has 0 aliphatic rings. The lowest BCUT2D eigenvalue weighted by Gasteiger charge is -2.17. The normalized spacial score (nSPS) is 12.3. The van der Waals surface area contributed by atoms with E-state index in [1.54, 1.807) is 12.1 Å². The Morgan fingerprint density at radius 3 is 2.47 bits per heavy atom. The van der Waals surface area contributed by atoms with Gasteiger partial charge in [-0.2, -0.15) is 0 Å². The average Bonchev–Trinajstić information content (AvgIpc) is 2.26. The number of hydrogen-bond donors (Lipinski definition) is 1. The molecule has 0 aliphatic heterocycles. The van der Waals surface area contributed by atoms with Crippen molar-refractivity contribution in [2.24, 2.45) is 0 Å². The molecule has 0 saturated heterocycles. The molecule has 1 unspecified atom stereocenters. The Bertz CT molecular complexity index is 578. The Morgan fingerprint density at radius 1 is 1.11 bits per heavy atom. The summed E-state index contributed by atoms with van der Waals surface area (Å²) in [6, 6.07) is 9.36. The Labute approximate surface area is 119 Å². The second-order valence-electron chi connectivity index (χ2n) is 4.55. The second kappa shape index (κ2) is 5.70. The quantitative estimate of drug-likeness (QED) is 0.816. The highest BCUT2D eigenvalue weighted by Gasteiger charge is 2.11. The van der Waals surface area contributed by atoms with Gasteiger partial charge in [0.25, 0.3) is 0 Å². The number of aryl methyl sites for hydroxylation is 1. The summed E-state index contributed by atoms with van der Waals surface area (Å²) in [7, 11) is 0. The zero-order chi connectivity index (χ0) is 14.0. The fraction of sp³-hybridized carbons (Fsp3) is 0.200. The molecule has 2 rings (SSSR count). The van der Waals surface area contributed by atoms with Crippen LogP contribution in [0.5, 0.6) is 0 Å². The summed E-state index contributed by atoms with van der Waals surface area (Å²) in [5.74, 6) is -0.589. The minimum Gasteiger partial charge on any atom is -0.378 e. The number of nitrogens with one attached hydrogen (secondary N) is 1. The third-order valence-corrected chi connectivity index (χ3v) is 3.35. The van der Waals surface area contributed by atoms with Crippen molar-refractivity contribution in [1.29, 1.82) is 0 Å². The van der Waals surface area contributed by atoms with E-state index in [0.29, 0.717) is 15.7 Å². The van der Waals surface area contributed by atoms with Crippen LogP contribution in [0.1, 0.15) is 24.1 Å². The van der Waals surface area contributed by atoms with Gasteiger partial charge < -0.3 is 5.32 Å². The van der Waals surface area contributed by atoms with E-state index in [1.807, 2.05) is 19.9 Å². The van der Waals surface area contributed by atoms with E-state index in [1.165, 1.54) is 18.2 Å². The van der Waals surface area contributed by atoms with Crippen molar-refractivity contribution in [1.82, 2.24) is 0 Å². The van der Waals surface area contributed by atoms with Crippen molar-refractivity contribution in [3.63, 3.8) is 0 Å². The average molecular weight is 326 g/mol. The Morgan fingerprint density at radius 2 is 1.84 bits per heavy atom. The minimum atomic E-state index is -0.300. The van der Waals surface area contributed by atoms with Crippen LogP contribution in [0.3, 0.4) is 0 Å². The summed E-state index contributed by atoms with van der Waals surface area (Å²) < 4.78 is 27.8. The number of rotatable bonds is 3. The van der Waals surface area contributed by atoms with Gasteiger partial charge in [-0.25, -0.2) is 8.78 Å². The zero-order valence-electron chi connectivity index (χ0n) is 10.7. The van der Waals surface area contributed by atoms with Crippen LogP contribution in [-0.2, 0) is 0 Å². The van der Waals surface area contributed by atoms with Crippen LogP contribution >= 0.6 is 15.9 Å². The van der Waals surface area contributed by atoms with Crippen LogP contribution in [-0.4, -0.2) is 0 Å². The predicted octanol–water partition coefficient (Wildman–Crippen LogP) is 5.21. The first kappa shape index (κ1) is 14.0. The van der Waals surface area contributed by atoms with E-state index < -0.39 is 0 Å². The van der Waals surface area contributed by atoms with Gasteiger partial charge in [-0.05, 0) is 49.7 Å². The lowest BCUT2D eigenvalue weighted by molar-refractivity contribution is 0.599. The molecule has 0 bridgehead atoms. The molecule has 0 radical (unpaired) electrons. The van der Waals surface area contributed by atoms with Gasteiger partial charge in [0.05, 0.1) is 6.04 Å². The van der Waals surface area contributed by atoms with Crippen molar-refractivity contribution < 1.29 is 8.78 Å². The van der Waals surface area contributed by atoms with E-state index in [4.69, 9.17) is 0 Å². The molecule has 0 amide bonds. The molecule has 2 aromatic carbocycles. The highest BCUT2D eigenvalue weighted by atomic mass is 79.9. The number of benzene rings is 2. The molecule has 1 nitrogen and oxygen atoms in total. The van der Waals surface area contributed by atoms with Gasteiger partial charge in [-0.1, -0.05) is 22.0 Å². The van der Waals surface area contributed by atoms with E-state index >= 15 is 0 Å². The molecule has 1 atom stereocenters. The fourth-order valence-corrected chi connectivity index (χ4v) is 2.33. The third kappa shape index (κ3) is 3.53. The van der Waals surface area contributed by atoms with Crippen molar-refractivity contribution in [2.75, 3.05) is 5.32 Å². The fourth-order valence-electron chi connectivity index (χ4n) is 2.00. The van der Waals surface area contributed by atoms with Gasteiger partial charge in [0.1, 0.15) is 11.6 Å². The Hall–Kier alpha value is -1.42. The van der Waals surface area contributed by atoms with Crippen LogP contribution in [0.4, 0.5) is 14.5 Å². The summed E-state index contributed by atoms with van der Waals surface area (Å²) in [4.78, 5) is 0. The SMILES string of the molecule is Cc1cc(F)cc(NC(C)c2ccc(Br)cc2F)c1. The van der Waals surface area contributed by atoms with Crippen LogP contribution in [0.15, 0.2) is 40.9 Å². The van der Waals surface area contributed by atoms with Crippen LogP contribution in [0.2, 0.25) is 0 Å². The van der Waals surface area contributed by atoms with Crippen molar-refractivity contribution in [3.05, 3.63) is 63.6 Å². The summed E-state index contributed by atoms with van der Waals surface area (Å²) in [6.45, 7) is 3.66. The molecule has 0 aliphatic carbocycles. The molecule has 100 valence electrons. The molecule has 0 heterocycles. The minimum absolute atomic E-state index is 0.241. The van der Waals surface area contributed by atoms with Crippen LogP contribution in [0, 0.1) is 18.6 Å². The lowest BCUT2D eigenvalue weighted by Crippen LogP contribution is -2.09. The molecule has 4 heteroatoms. The molecule has 0 aromatic heterocycles. The van der Waals surface area contributed by atoms with Crippen molar-refractivity contribution in [3.8, 4) is 0 Å². The Balaban J connectivity index is 2.22. The number of hydrogen-bond acceptors (Lipinski definition) is 1. The van der Waals surface area contributed by atoms with E-state index in [2.05, 4.69) is 21.2 Å². The molecule has 0 spiro atoms. The maximum atomic E-state index is 13.8. The monoisotopic (exact) mass is 325 g/mol. The summed E-state index contributed by atoms with van der Waals surface area (Å²) in [5, 5.41) is 3.10. The van der Waals surface area contributed by atoms with E-state index in [-0.39, 0.29) is 17.7 Å².